The van der Waals surface area contributed by atoms with Gasteiger partial charge in [0.1, 0.15) is 6.54 Å². The van der Waals surface area contributed by atoms with E-state index >= 15 is 0 Å². The van der Waals surface area contributed by atoms with Crippen LogP contribution in [0, 0.1) is 0 Å². The Morgan fingerprint density at radius 3 is 1.94 bits per heavy atom. The van der Waals surface area contributed by atoms with Gasteiger partial charge < -0.3 is 5.32 Å². The van der Waals surface area contributed by atoms with E-state index in [0.717, 1.165) is 24.0 Å². The van der Waals surface area contributed by atoms with Gasteiger partial charge in [-0.3, -0.25) is 9.28 Å². The normalized spacial score (nSPS) is 21.2. The van der Waals surface area contributed by atoms with Crippen LogP contribution in [0.2, 0.25) is 0 Å². The fourth-order valence-electron chi connectivity index (χ4n) is 5.29. The lowest BCUT2D eigenvalue weighted by Crippen LogP contribution is -2.63. The molecule has 0 aliphatic carbocycles. The first-order valence-corrected chi connectivity index (χ1v) is 14.4. The Labute approximate surface area is 206 Å². The monoisotopic (exact) mass is 462 g/mol. The zero-order valence-electron chi connectivity index (χ0n) is 22.6. The first kappa shape index (κ1) is 29.9. The van der Waals surface area contributed by atoms with Crippen molar-refractivity contribution in [3.8, 4) is 0 Å². The van der Waals surface area contributed by atoms with Crippen LogP contribution in [-0.2, 0) is 4.79 Å². The summed E-state index contributed by atoms with van der Waals surface area (Å²) < 4.78 is 0.876. The second kappa shape index (κ2) is 19.2. The molecule has 1 rings (SSSR count). The van der Waals surface area contributed by atoms with Gasteiger partial charge in [0.2, 0.25) is 5.91 Å². The fraction of sp³-hybridized carbons (Fsp3) is 0.862. The second-order valence-corrected chi connectivity index (χ2v) is 10.2. The molecule has 192 valence electrons. The van der Waals surface area contributed by atoms with E-state index in [-0.39, 0.29) is 12.1 Å². The number of carbonyl (C=O) groups is 1. The van der Waals surface area contributed by atoms with Crippen molar-refractivity contribution in [2.45, 2.75) is 149 Å². The van der Waals surface area contributed by atoms with Crippen LogP contribution >= 0.6 is 0 Å². The molecule has 1 aliphatic heterocycles. The molecule has 0 aromatic heterocycles. The van der Waals surface area contributed by atoms with E-state index in [1.54, 1.807) is 6.92 Å². The molecule has 0 fully saturated rings. The SMILES string of the molecule is CCCCCCCCCCCC/C=C/CCCCCCC1N=CC[N+]1(CC)C(C)NC(C)=O. The van der Waals surface area contributed by atoms with Crippen molar-refractivity contribution in [1.82, 2.24) is 5.32 Å². The van der Waals surface area contributed by atoms with Crippen molar-refractivity contribution >= 4 is 12.1 Å². The quantitative estimate of drug-likeness (QED) is 0.105. The number of nitrogens with zero attached hydrogens (tertiary/aromatic N) is 2. The molecule has 1 heterocycles. The van der Waals surface area contributed by atoms with E-state index in [1.807, 2.05) is 0 Å². The summed E-state index contributed by atoms with van der Waals surface area (Å²) in [5.74, 6) is 0.0559. The molecule has 0 saturated heterocycles. The average molecular weight is 463 g/mol. The Morgan fingerprint density at radius 1 is 0.909 bits per heavy atom. The van der Waals surface area contributed by atoms with Gasteiger partial charge in [0.15, 0.2) is 12.3 Å². The number of hydrogen-bond acceptors (Lipinski definition) is 2. The Morgan fingerprint density at radius 2 is 1.42 bits per heavy atom. The topological polar surface area (TPSA) is 41.5 Å². The minimum atomic E-state index is 0.0559. The molecule has 0 aromatic carbocycles. The minimum Gasteiger partial charge on any atom is -0.307 e. The van der Waals surface area contributed by atoms with Crippen molar-refractivity contribution in [3.05, 3.63) is 12.2 Å². The maximum atomic E-state index is 11.5. The summed E-state index contributed by atoms with van der Waals surface area (Å²) in [7, 11) is 0. The van der Waals surface area contributed by atoms with E-state index in [4.69, 9.17) is 4.99 Å². The summed E-state index contributed by atoms with van der Waals surface area (Å²) in [5.41, 5.74) is 0. The lowest BCUT2D eigenvalue weighted by Gasteiger charge is -2.42. The second-order valence-electron chi connectivity index (χ2n) is 10.2. The molecule has 3 unspecified atom stereocenters. The van der Waals surface area contributed by atoms with Gasteiger partial charge >= 0.3 is 0 Å². The number of hydrogen-bond donors (Lipinski definition) is 1. The molecule has 1 N–H and O–H groups in total. The molecule has 4 nitrogen and oxygen atoms in total. The third-order valence-corrected chi connectivity index (χ3v) is 7.54. The van der Waals surface area contributed by atoms with Gasteiger partial charge in [0, 0.05) is 20.3 Å². The Hall–Kier alpha value is -1.16. The van der Waals surface area contributed by atoms with Gasteiger partial charge in [-0.25, -0.2) is 4.99 Å². The molecule has 3 atom stereocenters. The lowest BCUT2D eigenvalue weighted by molar-refractivity contribution is -0.959. The number of aliphatic imine (C=N–C) groups is 1. The Kier molecular flexibility index (Phi) is 17.4. The molecule has 0 spiro atoms. The summed E-state index contributed by atoms with van der Waals surface area (Å²) in [6.07, 6.45) is 30.3. The number of quaternary nitrogens is 1. The average Bonchev–Trinajstić information content (AvgIpc) is 3.22. The van der Waals surface area contributed by atoms with Crippen LogP contribution in [0.3, 0.4) is 0 Å². The number of carbonyl (C=O) groups excluding carboxylic acids is 1. The van der Waals surface area contributed by atoms with Crippen molar-refractivity contribution in [1.29, 1.82) is 0 Å². The predicted molar refractivity (Wildman–Crippen MR) is 145 cm³/mol. The van der Waals surface area contributed by atoms with E-state index in [1.165, 1.54) is 103 Å². The number of nitrogens with one attached hydrogen (secondary N) is 1. The molecular weight excluding hydrogens is 406 g/mol. The molecule has 0 radical (unpaired) electrons. The van der Waals surface area contributed by atoms with Gasteiger partial charge in [-0.05, 0) is 39.0 Å². The third-order valence-electron chi connectivity index (χ3n) is 7.54. The highest BCUT2D eigenvalue weighted by molar-refractivity contribution is 5.73. The van der Waals surface area contributed by atoms with Gasteiger partial charge in [-0.2, -0.15) is 0 Å². The van der Waals surface area contributed by atoms with Crippen molar-refractivity contribution in [2.75, 3.05) is 13.1 Å². The van der Waals surface area contributed by atoms with E-state index < -0.39 is 0 Å². The van der Waals surface area contributed by atoms with Crippen LogP contribution in [0.25, 0.3) is 0 Å². The van der Waals surface area contributed by atoms with Crippen molar-refractivity contribution in [2.24, 2.45) is 4.99 Å². The molecule has 0 aromatic rings. The highest BCUT2D eigenvalue weighted by atomic mass is 16.1. The zero-order valence-corrected chi connectivity index (χ0v) is 22.6. The van der Waals surface area contributed by atoms with Gasteiger partial charge in [0.05, 0.1) is 12.8 Å². The summed E-state index contributed by atoms with van der Waals surface area (Å²) in [4.78, 5) is 16.3. The highest BCUT2D eigenvalue weighted by Gasteiger charge is 2.42. The van der Waals surface area contributed by atoms with Crippen LogP contribution in [0.1, 0.15) is 137 Å². The van der Waals surface area contributed by atoms with Gasteiger partial charge in [0.25, 0.3) is 0 Å². The number of allylic oxidation sites excluding steroid dienone is 2. The molecule has 4 heteroatoms. The van der Waals surface area contributed by atoms with Crippen LogP contribution in [0.15, 0.2) is 17.1 Å². The van der Waals surface area contributed by atoms with Crippen molar-refractivity contribution < 1.29 is 9.28 Å². The summed E-state index contributed by atoms with van der Waals surface area (Å²) in [6, 6.07) is 0. The van der Waals surface area contributed by atoms with Crippen LogP contribution in [0.5, 0.6) is 0 Å². The standard InChI is InChI=1S/C29H55N3O/c1-5-7-8-9-10-11-12-13-14-15-16-17-18-19-20-21-22-23-24-29-30-25-26-32(29,6-2)27(3)31-28(4)33/h17-18,25,27,29H,5-16,19-24,26H2,1-4H3/p+1/b18-17+. The third kappa shape index (κ3) is 12.8. The zero-order chi connectivity index (χ0) is 24.2. The lowest BCUT2D eigenvalue weighted by atomic mass is 10.1. The first-order chi connectivity index (χ1) is 16.1. The maximum absolute atomic E-state index is 11.5. The van der Waals surface area contributed by atoms with E-state index in [2.05, 4.69) is 44.5 Å². The predicted octanol–water partition coefficient (Wildman–Crippen LogP) is 7.92. The molecule has 0 bridgehead atoms. The Bertz CT molecular complexity index is 545. The minimum absolute atomic E-state index is 0.0559. The smallest absolute Gasteiger partial charge is 0.221 e. The fourth-order valence-corrected chi connectivity index (χ4v) is 5.29. The van der Waals surface area contributed by atoms with E-state index in [0.29, 0.717) is 6.17 Å². The van der Waals surface area contributed by atoms with Crippen LogP contribution in [0.4, 0.5) is 0 Å². The van der Waals surface area contributed by atoms with Gasteiger partial charge in [-0.1, -0.05) is 89.7 Å². The molecule has 1 amide bonds. The van der Waals surface area contributed by atoms with Gasteiger partial charge in [-0.15, -0.1) is 0 Å². The number of amides is 1. The number of rotatable bonds is 21. The van der Waals surface area contributed by atoms with Crippen LogP contribution in [-0.4, -0.2) is 42.0 Å². The summed E-state index contributed by atoms with van der Waals surface area (Å²) in [5, 5.41) is 3.11. The highest BCUT2D eigenvalue weighted by Crippen LogP contribution is 2.27. The largest absolute Gasteiger partial charge is 0.307 e. The van der Waals surface area contributed by atoms with E-state index in [9.17, 15) is 4.79 Å². The molecular formula is C29H56N3O+. The first-order valence-electron chi connectivity index (χ1n) is 14.4. The Balaban J connectivity index is 1.99. The van der Waals surface area contributed by atoms with Crippen molar-refractivity contribution in [3.63, 3.8) is 0 Å². The molecule has 1 aliphatic rings. The maximum Gasteiger partial charge on any atom is 0.221 e. The summed E-state index contributed by atoms with van der Waals surface area (Å²) >= 11 is 0. The molecule has 0 saturated carbocycles. The van der Waals surface area contributed by atoms with Crippen LogP contribution < -0.4 is 5.32 Å². The number of unbranched alkanes of at least 4 members (excludes halogenated alkanes) is 14. The summed E-state index contributed by atoms with van der Waals surface area (Å²) in [6.45, 7) is 10.2. The molecule has 33 heavy (non-hydrogen) atoms.